The van der Waals surface area contributed by atoms with Crippen LogP contribution in [0.5, 0.6) is 0 Å². The fourth-order valence-electron chi connectivity index (χ4n) is 3.03. The van der Waals surface area contributed by atoms with Crippen molar-refractivity contribution in [1.29, 1.82) is 0 Å². The SMILES string of the molecule is Cc1cnc(C(=O)N(CCC(=O)N2CCC(C)CC2)CC(C)C)cn1. The maximum atomic E-state index is 12.7. The Bertz CT molecular complexity index is 578. The van der Waals surface area contributed by atoms with Crippen LogP contribution >= 0.6 is 0 Å². The second kappa shape index (κ2) is 8.92. The summed E-state index contributed by atoms with van der Waals surface area (Å²) in [4.78, 5) is 37.2. The van der Waals surface area contributed by atoms with Gasteiger partial charge in [-0.3, -0.25) is 14.6 Å². The predicted octanol–water partition coefficient (Wildman–Crippen LogP) is 2.53. The zero-order chi connectivity index (χ0) is 18.4. The number of amides is 2. The number of piperidine rings is 1. The summed E-state index contributed by atoms with van der Waals surface area (Å²) in [5, 5.41) is 0. The molecule has 25 heavy (non-hydrogen) atoms. The minimum Gasteiger partial charge on any atom is -0.343 e. The average molecular weight is 346 g/mol. The Labute approximate surface area is 150 Å². The molecule has 0 spiro atoms. The molecule has 6 heteroatoms. The van der Waals surface area contributed by atoms with E-state index in [1.807, 2.05) is 11.8 Å². The van der Waals surface area contributed by atoms with Gasteiger partial charge in [-0.15, -0.1) is 0 Å². The van der Waals surface area contributed by atoms with Crippen molar-refractivity contribution in [3.05, 3.63) is 23.8 Å². The van der Waals surface area contributed by atoms with Gasteiger partial charge in [0.15, 0.2) is 0 Å². The Morgan fingerprint density at radius 1 is 1.24 bits per heavy atom. The highest BCUT2D eigenvalue weighted by molar-refractivity contribution is 5.92. The molecule has 2 rings (SSSR count). The van der Waals surface area contributed by atoms with Crippen molar-refractivity contribution in [3.8, 4) is 0 Å². The van der Waals surface area contributed by atoms with E-state index in [2.05, 4.69) is 30.7 Å². The van der Waals surface area contributed by atoms with Crippen LogP contribution in [-0.4, -0.2) is 57.8 Å². The molecule has 1 aliphatic heterocycles. The van der Waals surface area contributed by atoms with E-state index >= 15 is 0 Å². The molecular formula is C19H30N4O2. The number of rotatable bonds is 6. The van der Waals surface area contributed by atoms with Crippen molar-refractivity contribution < 1.29 is 9.59 Å². The molecule has 0 aliphatic carbocycles. The Kier molecular flexibility index (Phi) is 6.91. The fraction of sp³-hybridized carbons (Fsp3) is 0.684. The van der Waals surface area contributed by atoms with E-state index < -0.39 is 0 Å². The van der Waals surface area contributed by atoms with Crippen LogP contribution in [0, 0.1) is 18.8 Å². The zero-order valence-electron chi connectivity index (χ0n) is 15.9. The van der Waals surface area contributed by atoms with Crippen molar-refractivity contribution in [2.24, 2.45) is 11.8 Å². The molecule has 2 amide bonds. The minimum atomic E-state index is -0.152. The topological polar surface area (TPSA) is 66.4 Å². The standard InChI is InChI=1S/C19H30N4O2/c1-14(2)13-23(19(25)17-12-20-16(4)11-21-17)10-7-18(24)22-8-5-15(3)6-9-22/h11-12,14-15H,5-10,13H2,1-4H3. The molecule has 6 nitrogen and oxygen atoms in total. The number of hydrogen-bond donors (Lipinski definition) is 0. The van der Waals surface area contributed by atoms with E-state index in [4.69, 9.17) is 0 Å². The first-order chi connectivity index (χ1) is 11.9. The summed E-state index contributed by atoms with van der Waals surface area (Å²) in [5.41, 5.74) is 1.12. The maximum absolute atomic E-state index is 12.7. The van der Waals surface area contributed by atoms with Crippen molar-refractivity contribution in [2.45, 2.75) is 47.0 Å². The molecular weight excluding hydrogens is 316 g/mol. The molecule has 2 heterocycles. The number of hydrogen-bond acceptors (Lipinski definition) is 4. The molecule has 0 N–H and O–H groups in total. The van der Waals surface area contributed by atoms with E-state index in [0.29, 0.717) is 37.0 Å². The van der Waals surface area contributed by atoms with E-state index in [1.165, 1.54) is 6.20 Å². The normalized spacial score (nSPS) is 15.5. The van der Waals surface area contributed by atoms with Crippen molar-refractivity contribution in [2.75, 3.05) is 26.2 Å². The first-order valence-corrected chi connectivity index (χ1v) is 9.22. The van der Waals surface area contributed by atoms with Crippen LogP contribution in [0.3, 0.4) is 0 Å². The van der Waals surface area contributed by atoms with E-state index in [1.54, 1.807) is 11.1 Å². The second-order valence-corrected chi connectivity index (χ2v) is 7.50. The number of aryl methyl sites for hydroxylation is 1. The molecule has 0 aromatic carbocycles. The summed E-state index contributed by atoms with van der Waals surface area (Å²) >= 11 is 0. The molecule has 0 atom stereocenters. The van der Waals surface area contributed by atoms with E-state index in [0.717, 1.165) is 31.6 Å². The summed E-state index contributed by atoms with van der Waals surface area (Å²) in [6, 6.07) is 0. The lowest BCUT2D eigenvalue weighted by atomic mass is 9.99. The molecule has 1 aliphatic rings. The molecule has 0 saturated carbocycles. The van der Waals surface area contributed by atoms with Crippen LogP contribution in [0.15, 0.2) is 12.4 Å². The number of aromatic nitrogens is 2. The number of carbonyl (C=O) groups excluding carboxylic acids is 2. The van der Waals surface area contributed by atoms with Gasteiger partial charge in [-0.25, -0.2) is 4.98 Å². The van der Waals surface area contributed by atoms with Gasteiger partial charge in [0.2, 0.25) is 5.91 Å². The first kappa shape index (κ1) is 19.3. The first-order valence-electron chi connectivity index (χ1n) is 9.22. The number of nitrogens with zero attached hydrogens (tertiary/aromatic N) is 4. The molecule has 1 fully saturated rings. The molecule has 0 radical (unpaired) electrons. The zero-order valence-corrected chi connectivity index (χ0v) is 15.9. The average Bonchev–Trinajstić information content (AvgIpc) is 2.58. The van der Waals surface area contributed by atoms with Gasteiger partial charge in [0, 0.05) is 38.8 Å². The van der Waals surface area contributed by atoms with Crippen LogP contribution in [0.2, 0.25) is 0 Å². The third kappa shape index (κ3) is 5.80. The van der Waals surface area contributed by atoms with Crippen LogP contribution in [0.25, 0.3) is 0 Å². The Morgan fingerprint density at radius 3 is 2.48 bits per heavy atom. The van der Waals surface area contributed by atoms with Crippen molar-refractivity contribution in [3.63, 3.8) is 0 Å². The molecule has 1 aromatic heterocycles. The Balaban J connectivity index is 1.96. The smallest absolute Gasteiger partial charge is 0.274 e. The highest BCUT2D eigenvalue weighted by Gasteiger charge is 2.23. The maximum Gasteiger partial charge on any atom is 0.274 e. The van der Waals surface area contributed by atoms with Crippen LogP contribution < -0.4 is 0 Å². The predicted molar refractivity (Wildman–Crippen MR) is 97.1 cm³/mol. The van der Waals surface area contributed by atoms with Gasteiger partial charge < -0.3 is 9.80 Å². The van der Waals surface area contributed by atoms with Gasteiger partial charge in [0.05, 0.1) is 11.9 Å². The summed E-state index contributed by atoms with van der Waals surface area (Å²) in [6.45, 7) is 10.9. The monoisotopic (exact) mass is 346 g/mol. The lowest BCUT2D eigenvalue weighted by Gasteiger charge is -2.31. The van der Waals surface area contributed by atoms with Gasteiger partial charge >= 0.3 is 0 Å². The van der Waals surface area contributed by atoms with Gasteiger partial charge in [0.1, 0.15) is 5.69 Å². The minimum absolute atomic E-state index is 0.142. The fourth-order valence-corrected chi connectivity index (χ4v) is 3.03. The highest BCUT2D eigenvalue weighted by atomic mass is 16.2. The van der Waals surface area contributed by atoms with Gasteiger partial charge in [-0.1, -0.05) is 20.8 Å². The Morgan fingerprint density at radius 2 is 1.92 bits per heavy atom. The van der Waals surface area contributed by atoms with Crippen LogP contribution in [-0.2, 0) is 4.79 Å². The third-order valence-electron chi connectivity index (χ3n) is 4.60. The highest BCUT2D eigenvalue weighted by Crippen LogP contribution is 2.17. The molecule has 0 unspecified atom stereocenters. The van der Waals surface area contributed by atoms with Gasteiger partial charge in [0.25, 0.3) is 5.91 Å². The Hall–Kier alpha value is -1.98. The molecule has 0 bridgehead atoms. The lowest BCUT2D eigenvalue weighted by Crippen LogP contribution is -2.41. The lowest BCUT2D eigenvalue weighted by molar-refractivity contribution is -0.132. The molecule has 1 aromatic rings. The third-order valence-corrected chi connectivity index (χ3v) is 4.60. The quantitative estimate of drug-likeness (QED) is 0.794. The van der Waals surface area contributed by atoms with Crippen LogP contribution in [0.1, 0.15) is 56.2 Å². The second-order valence-electron chi connectivity index (χ2n) is 7.50. The summed E-state index contributed by atoms with van der Waals surface area (Å²) in [6.07, 6.45) is 5.62. The van der Waals surface area contributed by atoms with E-state index in [-0.39, 0.29) is 11.8 Å². The van der Waals surface area contributed by atoms with Crippen molar-refractivity contribution in [1.82, 2.24) is 19.8 Å². The molecule has 1 saturated heterocycles. The van der Waals surface area contributed by atoms with Crippen molar-refractivity contribution >= 4 is 11.8 Å². The summed E-state index contributed by atoms with van der Waals surface area (Å²) < 4.78 is 0. The summed E-state index contributed by atoms with van der Waals surface area (Å²) in [5.74, 6) is 1.01. The van der Waals surface area contributed by atoms with Gasteiger partial charge in [-0.05, 0) is 31.6 Å². The van der Waals surface area contributed by atoms with E-state index in [9.17, 15) is 9.59 Å². The van der Waals surface area contributed by atoms with Crippen LogP contribution in [0.4, 0.5) is 0 Å². The van der Waals surface area contributed by atoms with Gasteiger partial charge in [-0.2, -0.15) is 0 Å². The number of carbonyl (C=O) groups is 2. The summed E-state index contributed by atoms with van der Waals surface area (Å²) in [7, 11) is 0. The molecule has 138 valence electrons. The largest absolute Gasteiger partial charge is 0.343 e. The number of likely N-dealkylation sites (tertiary alicyclic amines) is 1.